The van der Waals surface area contributed by atoms with Gasteiger partial charge in [0.15, 0.2) is 18.9 Å². The number of carboxylic acid groups (broad SMARTS) is 1. The summed E-state index contributed by atoms with van der Waals surface area (Å²) in [4.78, 5) is 13.1. The van der Waals surface area contributed by atoms with Crippen LogP contribution in [0.15, 0.2) is 11.6 Å². The quantitative estimate of drug-likeness (QED) is 0.116. The third-order valence-corrected chi connectivity index (χ3v) is 19.1. The maximum absolute atomic E-state index is 13.1. The van der Waals surface area contributed by atoms with E-state index in [-0.39, 0.29) is 52.6 Å². The van der Waals surface area contributed by atoms with Gasteiger partial charge in [-0.2, -0.15) is 0 Å². The molecule has 8 rings (SSSR count). The van der Waals surface area contributed by atoms with Gasteiger partial charge in [-0.25, -0.2) is 0 Å². The lowest BCUT2D eigenvalue weighted by Crippen LogP contribution is -2.67. The summed E-state index contributed by atoms with van der Waals surface area (Å²) < 4.78 is 36.1. The molecule has 0 radical (unpaired) electrons. The van der Waals surface area contributed by atoms with E-state index in [0.717, 1.165) is 44.9 Å². The molecule has 17 nitrogen and oxygen atoms in total. The van der Waals surface area contributed by atoms with E-state index in [1.807, 2.05) is 6.92 Å². The molecule has 0 unspecified atom stereocenters. The summed E-state index contributed by atoms with van der Waals surface area (Å²) in [5, 5.41) is 108. The van der Waals surface area contributed by atoms with E-state index in [1.54, 1.807) is 0 Å². The number of allylic oxidation sites excluding steroid dienone is 2. The van der Waals surface area contributed by atoms with Crippen molar-refractivity contribution in [3.8, 4) is 0 Å². The standard InChI is InChI=1S/C47H76O17/c1-22-30(51)36(63-38-34(55)33(54)32(53)26(19-48)61-38)35(56)39(60-22)64-37-31(52)25(50)20-59-40(37)62-29-11-12-43(4)27(44(29,5)21-49)10-13-46(7)28(43)9-8-23-24-18-42(2,3)14-16-47(24,41(57)58)17-15-45(23,46)6/h8,22,24-40,48-56H,9-21H2,1-7H3,(H,57,58)/t22-,24-,25-,26+,27+,28+,29-,30-,31-,32+,33-,34+,35+,36+,37+,38-,39-,40-,43-,44-,45+,46+,47+/m0/s1. The van der Waals surface area contributed by atoms with Gasteiger partial charge in [0.1, 0.15) is 61.0 Å². The fourth-order valence-corrected chi connectivity index (χ4v) is 14.8. The van der Waals surface area contributed by atoms with Crippen molar-refractivity contribution >= 4 is 5.97 Å². The van der Waals surface area contributed by atoms with E-state index in [1.165, 1.54) is 12.5 Å². The molecule has 0 aromatic heterocycles. The molecule has 4 saturated carbocycles. The monoisotopic (exact) mass is 913 g/mol. The fourth-order valence-electron chi connectivity index (χ4n) is 14.8. The van der Waals surface area contributed by atoms with Crippen molar-refractivity contribution < 1.29 is 84.3 Å². The molecular weight excluding hydrogens is 837 g/mol. The molecule has 10 N–H and O–H groups in total. The Labute approximate surface area is 376 Å². The zero-order chi connectivity index (χ0) is 46.7. The van der Waals surface area contributed by atoms with Crippen LogP contribution >= 0.6 is 0 Å². The smallest absolute Gasteiger partial charge is 0.310 e. The second-order valence-corrected chi connectivity index (χ2v) is 22.9. The van der Waals surface area contributed by atoms with Crippen molar-refractivity contribution in [1.82, 2.24) is 0 Å². The molecule has 7 fully saturated rings. The van der Waals surface area contributed by atoms with Gasteiger partial charge in [-0.3, -0.25) is 4.79 Å². The summed E-state index contributed by atoms with van der Waals surface area (Å²) in [5.74, 6) is -0.391. The Morgan fingerprint density at radius 2 is 1.39 bits per heavy atom. The van der Waals surface area contributed by atoms with Gasteiger partial charge >= 0.3 is 5.97 Å². The summed E-state index contributed by atoms with van der Waals surface area (Å²) in [7, 11) is 0. The van der Waals surface area contributed by atoms with Crippen molar-refractivity contribution in [2.24, 2.45) is 50.2 Å². The molecule has 8 aliphatic rings. The molecule has 0 aromatic carbocycles. The van der Waals surface area contributed by atoms with Gasteiger partial charge < -0.3 is 79.5 Å². The topological polar surface area (TPSA) is 275 Å². The number of ether oxygens (including phenoxy) is 6. The van der Waals surface area contributed by atoms with Crippen LogP contribution in [0.4, 0.5) is 0 Å². The highest BCUT2D eigenvalue weighted by molar-refractivity contribution is 5.76. The van der Waals surface area contributed by atoms with Gasteiger partial charge in [0, 0.05) is 5.41 Å². The maximum Gasteiger partial charge on any atom is 0.310 e. The molecule has 64 heavy (non-hydrogen) atoms. The zero-order valence-electron chi connectivity index (χ0n) is 38.5. The van der Waals surface area contributed by atoms with Crippen LogP contribution in [-0.4, -0.2) is 169 Å². The number of hydrogen-bond donors (Lipinski definition) is 10. The zero-order valence-corrected chi connectivity index (χ0v) is 38.5. The lowest BCUT2D eigenvalue weighted by molar-refractivity contribution is -0.383. The largest absolute Gasteiger partial charge is 0.481 e. The predicted molar refractivity (Wildman–Crippen MR) is 225 cm³/mol. The van der Waals surface area contributed by atoms with Crippen LogP contribution in [0.25, 0.3) is 0 Å². The lowest BCUT2D eigenvalue weighted by atomic mass is 9.33. The van der Waals surface area contributed by atoms with E-state index in [2.05, 4.69) is 40.7 Å². The Morgan fingerprint density at radius 3 is 2.06 bits per heavy atom. The Balaban J connectivity index is 1.01. The first-order valence-electron chi connectivity index (χ1n) is 23.7. The normalized spacial score (nSPS) is 55.0. The average Bonchev–Trinajstić information content (AvgIpc) is 3.24. The van der Waals surface area contributed by atoms with Crippen molar-refractivity contribution in [3.05, 3.63) is 11.6 Å². The third kappa shape index (κ3) is 7.49. The Kier molecular flexibility index (Phi) is 13.2. The molecule has 5 aliphatic carbocycles. The number of aliphatic hydroxyl groups is 9. The highest BCUT2D eigenvalue weighted by atomic mass is 16.8. The highest BCUT2D eigenvalue weighted by Crippen LogP contribution is 2.76. The molecule has 366 valence electrons. The highest BCUT2D eigenvalue weighted by Gasteiger charge is 2.70. The molecule has 3 heterocycles. The molecule has 3 saturated heterocycles. The molecule has 0 bridgehead atoms. The minimum Gasteiger partial charge on any atom is -0.481 e. The number of rotatable bonds is 9. The van der Waals surface area contributed by atoms with Gasteiger partial charge in [0.2, 0.25) is 0 Å². The maximum atomic E-state index is 13.1. The van der Waals surface area contributed by atoms with Gasteiger partial charge in [-0.05, 0) is 111 Å². The van der Waals surface area contributed by atoms with Crippen LogP contribution in [0.3, 0.4) is 0 Å². The molecule has 23 atom stereocenters. The molecule has 17 heteroatoms. The number of aliphatic hydroxyl groups excluding tert-OH is 9. The molecule has 3 aliphatic heterocycles. The second kappa shape index (κ2) is 17.2. The summed E-state index contributed by atoms with van der Waals surface area (Å²) in [5.41, 5.74) is -0.609. The van der Waals surface area contributed by atoms with Crippen LogP contribution in [0.1, 0.15) is 113 Å². The summed E-state index contributed by atoms with van der Waals surface area (Å²) in [6, 6.07) is 0. The Morgan fingerprint density at radius 1 is 0.719 bits per heavy atom. The Bertz CT molecular complexity index is 1750. The van der Waals surface area contributed by atoms with E-state index in [4.69, 9.17) is 28.4 Å². The summed E-state index contributed by atoms with van der Waals surface area (Å²) in [6.07, 6.45) is -11.9. The molecular formula is C47H76O17. The van der Waals surface area contributed by atoms with Gasteiger partial charge in [-0.1, -0.05) is 53.2 Å². The van der Waals surface area contributed by atoms with Crippen molar-refractivity contribution in [1.29, 1.82) is 0 Å². The fraction of sp³-hybridized carbons (Fsp3) is 0.936. The lowest BCUT2D eigenvalue weighted by Gasteiger charge is -2.71. The number of carboxylic acids is 1. The van der Waals surface area contributed by atoms with E-state index >= 15 is 0 Å². The number of aliphatic carboxylic acids is 1. The van der Waals surface area contributed by atoms with Crippen molar-refractivity contribution in [3.63, 3.8) is 0 Å². The third-order valence-electron chi connectivity index (χ3n) is 19.1. The van der Waals surface area contributed by atoms with Crippen LogP contribution in [-0.2, 0) is 33.2 Å². The number of fused-ring (bicyclic) bond motifs is 7. The van der Waals surface area contributed by atoms with Crippen molar-refractivity contribution in [2.75, 3.05) is 19.8 Å². The predicted octanol–water partition coefficient (Wildman–Crippen LogP) is 1.35. The number of hydrogen-bond acceptors (Lipinski definition) is 16. The molecule has 0 aromatic rings. The van der Waals surface area contributed by atoms with Crippen LogP contribution in [0, 0.1) is 50.2 Å². The molecule has 0 amide bonds. The van der Waals surface area contributed by atoms with Gasteiger partial charge in [-0.15, -0.1) is 0 Å². The van der Waals surface area contributed by atoms with Crippen LogP contribution in [0.2, 0.25) is 0 Å². The second-order valence-electron chi connectivity index (χ2n) is 22.9. The van der Waals surface area contributed by atoms with E-state index < -0.39 is 116 Å². The first-order chi connectivity index (χ1) is 29.9. The summed E-state index contributed by atoms with van der Waals surface area (Å²) in [6.45, 7) is 14.1. The van der Waals surface area contributed by atoms with Gasteiger partial charge in [0.25, 0.3) is 0 Å². The Hall–Kier alpha value is -1.39. The van der Waals surface area contributed by atoms with Gasteiger partial charge in [0.05, 0.1) is 37.4 Å². The molecule has 0 spiro atoms. The van der Waals surface area contributed by atoms with E-state index in [9.17, 15) is 55.9 Å². The minimum absolute atomic E-state index is 0.00330. The van der Waals surface area contributed by atoms with Crippen LogP contribution < -0.4 is 0 Å². The first kappa shape index (κ1) is 49.0. The average molecular weight is 913 g/mol. The first-order valence-corrected chi connectivity index (χ1v) is 23.7. The SMILES string of the molecule is C[C@@H]1O[C@@H](O[C@H]2[C@H](O[C@H]3CC[C@@]4(C)[C@@H](CC[C@]5(C)[C@@H]4CC=C4[C@@H]6CC(C)(C)CC[C@@]6(C(=O)O)CC[C@]45C)[C@]3(C)CO)OC[C@H](O)[C@@H]2O)[C@H](O)[C@H](O[C@@H]2O[C@H](CO)[C@@H](O)[C@H](O)[C@H]2O)[C@H]1O. The minimum atomic E-state index is -1.82. The van der Waals surface area contributed by atoms with Crippen molar-refractivity contribution in [2.45, 2.75) is 205 Å². The summed E-state index contributed by atoms with van der Waals surface area (Å²) >= 11 is 0. The van der Waals surface area contributed by atoms with Crippen LogP contribution in [0.5, 0.6) is 0 Å². The number of carbonyl (C=O) groups is 1. The van der Waals surface area contributed by atoms with E-state index in [0.29, 0.717) is 19.3 Å².